The molecule has 0 atom stereocenters. The Morgan fingerprint density at radius 2 is 2.04 bits per heavy atom. The first-order chi connectivity index (χ1) is 12.1. The molecule has 1 heterocycles. The van der Waals surface area contributed by atoms with Gasteiger partial charge >= 0.3 is 0 Å². The lowest BCUT2D eigenvalue weighted by Crippen LogP contribution is -2.36. The van der Waals surface area contributed by atoms with Crippen molar-refractivity contribution in [3.63, 3.8) is 0 Å². The first kappa shape index (κ1) is 17.5. The van der Waals surface area contributed by atoms with Crippen molar-refractivity contribution in [1.29, 1.82) is 0 Å². The van der Waals surface area contributed by atoms with Crippen LogP contribution in [-0.4, -0.2) is 22.4 Å². The van der Waals surface area contributed by atoms with Crippen molar-refractivity contribution in [2.45, 2.75) is 45.4 Å². The van der Waals surface area contributed by atoms with Crippen molar-refractivity contribution in [2.24, 2.45) is 11.1 Å². The molecule has 0 aliphatic heterocycles. The first-order valence-corrected chi connectivity index (χ1v) is 9.00. The molecular formula is C20H26N4O. The van der Waals surface area contributed by atoms with Crippen LogP contribution >= 0.6 is 0 Å². The lowest BCUT2D eigenvalue weighted by Gasteiger charge is -2.35. The molecule has 1 amide bonds. The number of carbonyl (C=O) groups is 1. The number of carbonyl (C=O) groups excluding carboxylic acids is 1. The molecular weight excluding hydrogens is 312 g/mol. The molecule has 0 saturated heterocycles. The summed E-state index contributed by atoms with van der Waals surface area (Å²) in [6, 6.07) is 9.65. The van der Waals surface area contributed by atoms with E-state index in [9.17, 15) is 4.79 Å². The van der Waals surface area contributed by atoms with E-state index in [0.29, 0.717) is 13.0 Å². The Balaban J connectivity index is 1.70. The van der Waals surface area contributed by atoms with Crippen molar-refractivity contribution < 1.29 is 4.79 Å². The van der Waals surface area contributed by atoms with Crippen LogP contribution in [0.2, 0.25) is 0 Å². The third-order valence-corrected chi connectivity index (χ3v) is 5.10. The normalized spacial score (nSPS) is 16.4. The number of rotatable bonds is 5. The number of anilines is 1. The molecule has 1 saturated carbocycles. The number of nitrogens with zero attached hydrogens (tertiary/aromatic N) is 2. The molecule has 5 nitrogen and oxygen atoms in total. The number of benzene rings is 1. The van der Waals surface area contributed by atoms with Gasteiger partial charge in [-0.1, -0.05) is 31.4 Å². The molecule has 1 aliphatic carbocycles. The predicted molar refractivity (Wildman–Crippen MR) is 100 cm³/mol. The summed E-state index contributed by atoms with van der Waals surface area (Å²) in [6.07, 6.45) is 7.95. The summed E-state index contributed by atoms with van der Waals surface area (Å²) in [7, 11) is 0. The Bertz CT molecular complexity index is 738. The Labute approximate surface area is 149 Å². The van der Waals surface area contributed by atoms with Gasteiger partial charge in [0.25, 0.3) is 0 Å². The standard InChI is InChI=1S/C20H26N4O/c1-15-22-11-8-18(23-15)16-6-5-7-17(12-16)24-19(25)13-20(14-21)9-3-2-4-10-20/h5-8,11-12H,2-4,9-10,13-14,21H2,1H3,(H,24,25). The summed E-state index contributed by atoms with van der Waals surface area (Å²) in [5.74, 6) is 0.775. The zero-order valence-corrected chi connectivity index (χ0v) is 14.8. The Kier molecular flexibility index (Phi) is 5.43. The summed E-state index contributed by atoms with van der Waals surface area (Å²) < 4.78 is 0. The molecule has 3 N–H and O–H groups in total. The van der Waals surface area contributed by atoms with Gasteiger partial charge < -0.3 is 11.1 Å². The summed E-state index contributed by atoms with van der Waals surface area (Å²) in [5.41, 5.74) is 8.59. The fourth-order valence-corrected chi connectivity index (χ4v) is 3.67. The van der Waals surface area contributed by atoms with Crippen LogP contribution in [-0.2, 0) is 4.79 Å². The number of nitrogens with two attached hydrogens (primary N) is 1. The van der Waals surface area contributed by atoms with Gasteiger partial charge in [0.15, 0.2) is 0 Å². The fourth-order valence-electron chi connectivity index (χ4n) is 3.67. The number of aromatic nitrogens is 2. The van der Waals surface area contributed by atoms with Crippen molar-refractivity contribution in [2.75, 3.05) is 11.9 Å². The molecule has 3 rings (SSSR count). The second kappa shape index (κ2) is 7.74. The molecule has 1 aromatic heterocycles. The van der Waals surface area contributed by atoms with Crippen LogP contribution in [0.15, 0.2) is 36.5 Å². The largest absolute Gasteiger partial charge is 0.330 e. The Morgan fingerprint density at radius 3 is 2.76 bits per heavy atom. The molecule has 1 aliphatic rings. The van der Waals surface area contributed by atoms with E-state index in [1.807, 2.05) is 37.3 Å². The highest BCUT2D eigenvalue weighted by molar-refractivity contribution is 5.91. The molecule has 0 bridgehead atoms. The number of hydrogen-bond acceptors (Lipinski definition) is 4. The van der Waals surface area contributed by atoms with E-state index in [2.05, 4.69) is 15.3 Å². The van der Waals surface area contributed by atoms with E-state index in [-0.39, 0.29) is 11.3 Å². The van der Waals surface area contributed by atoms with E-state index in [1.165, 1.54) is 19.3 Å². The van der Waals surface area contributed by atoms with Crippen molar-refractivity contribution >= 4 is 11.6 Å². The van der Waals surface area contributed by atoms with E-state index in [1.54, 1.807) is 6.20 Å². The van der Waals surface area contributed by atoms with Gasteiger partial charge in [0, 0.05) is 23.9 Å². The lowest BCUT2D eigenvalue weighted by molar-refractivity contribution is -0.118. The van der Waals surface area contributed by atoms with Crippen LogP contribution < -0.4 is 11.1 Å². The maximum Gasteiger partial charge on any atom is 0.224 e. The average Bonchev–Trinajstić information content (AvgIpc) is 2.62. The predicted octanol–water partition coefficient (Wildman–Crippen LogP) is 3.69. The van der Waals surface area contributed by atoms with E-state index in [4.69, 9.17) is 5.73 Å². The van der Waals surface area contributed by atoms with Gasteiger partial charge in [-0.25, -0.2) is 9.97 Å². The molecule has 0 radical (unpaired) electrons. The van der Waals surface area contributed by atoms with Gasteiger partial charge in [0.05, 0.1) is 5.69 Å². The van der Waals surface area contributed by atoms with Crippen molar-refractivity contribution in [1.82, 2.24) is 9.97 Å². The summed E-state index contributed by atoms with van der Waals surface area (Å²) in [6.45, 7) is 2.45. The fraction of sp³-hybridized carbons (Fsp3) is 0.450. The van der Waals surface area contributed by atoms with Gasteiger partial charge in [0.2, 0.25) is 5.91 Å². The monoisotopic (exact) mass is 338 g/mol. The molecule has 2 aromatic rings. The van der Waals surface area contributed by atoms with E-state index in [0.717, 1.165) is 35.6 Å². The molecule has 1 aromatic carbocycles. The first-order valence-electron chi connectivity index (χ1n) is 9.00. The minimum Gasteiger partial charge on any atom is -0.330 e. The SMILES string of the molecule is Cc1nccc(-c2cccc(NC(=O)CC3(CN)CCCCC3)c2)n1. The third-order valence-electron chi connectivity index (χ3n) is 5.10. The lowest BCUT2D eigenvalue weighted by atomic mass is 9.71. The van der Waals surface area contributed by atoms with Crippen LogP contribution in [0.25, 0.3) is 11.3 Å². The van der Waals surface area contributed by atoms with Crippen LogP contribution in [0.3, 0.4) is 0 Å². The second-order valence-corrected chi connectivity index (χ2v) is 7.06. The molecule has 0 spiro atoms. The van der Waals surface area contributed by atoms with Crippen LogP contribution in [0, 0.1) is 12.3 Å². The van der Waals surface area contributed by atoms with Crippen molar-refractivity contribution in [3.05, 3.63) is 42.4 Å². The molecule has 132 valence electrons. The maximum absolute atomic E-state index is 12.6. The molecule has 0 unspecified atom stereocenters. The van der Waals surface area contributed by atoms with Gasteiger partial charge in [-0.05, 0) is 49.9 Å². The number of amides is 1. The summed E-state index contributed by atoms with van der Waals surface area (Å²) >= 11 is 0. The summed E-state index contributed by atoms with van der Waals surface area (Å²) in [5, 5.41) is 3.04. The zero-order chi connectivity index (χ0) is 17.7. The molecule has 5 heteroatoms. The minimum absolute atomic E-state index is 0.0241. The Hall–Kier alpha value is -2.27. The molecule has 25 heavy (non-hydrogen) atoms. The smallest absolute Gasteiger partial charge is 0.224 e. The highest BCUT2D eigenvalue weighted by Crippen LogP contribution is 2.38. The minimum atomic E-state index is -0.0241. The van der Waals surface area contributed by atoms with Gasteiger partial charge in [0.1, 0.15) is 5.82 Å². The van der Waals surface area contributed by atoms with Gasteiger partial charge in [-0.3, -0.25) is 4.79 Å². The second-order valence-electron chi connectivity index (χ2n) is 7.06. The number of hydrogen-bond donors (Lipinski definition) is 2. The molecule has 1 fully saturated rings. The van der Waals surface area contributed by atoms with Gasteiger partial charge in [-0.2, -0.15) is 0 Å². The highest BCUT2D eigenvalue weighted by Gasteiger charge is 2.32. The van der Waals surface area contributed by atoms with E-state index >= 15 is 0 Å². The quantitative estimate of drug-likeness (QED) is 0.871. The third kappa shape index (κ3) is 4.42. The number of nitrogens with one attached hydrogen (secondary N) is 1. The van der Waals surface area contributed by atoms with Crippen LogP contribution in [0.1, 0.15) is 44.3 Å². The Morgan fingerprint density at radius 1 is 1.24 bits per heavy atom. The van der Waals surface area contributed by atoms with Crippen LogP contribution in [0.5, 0.6) is 0 Å². The van der Waals surface area contributed by atoms with Crippen molar-refractivity contribution in [3.8, 4) is 11.3 Å². The number of aryl methyl sites for hydroxylation is 1. The highest BCUT2D eigenvalue weighted by atomic mass is 16.1. The average molecular weight is 338 g/mol. The van der Waals surface area contributed by atoms with Crippen LogP contribution in [0.4, 0.5) is 5.69 Å². The summed E-state index contributed by atoms with van der Waals surface area (Å²) in [4.78, 5) is 21.1. The zero-order valence-electron chi connectivity index (χ0n) is 14.8. The van der Waals surface area contributed by atoms with Gasteiger partial charge in [-0.15, -0.1) is 0 Å². The topological polar surface area (TPSA) is 80.9 Å². The maximum atomic E-state index is 12.6. The van der Waals surface area contributed by atoms with E-state index < -0.39 is 0 Å².